The summed E-state index contributed by atoms with van der Waals surface area (Å²) < 4.78 is 44.8. The van der Waals surface area contributed by atoms with Gasteiger partial charge in [-0.15, -0.1) is 0 Å². The van der Waals surface area contributed by atoms with E-state index in [4.69, 9.17) is 25.8 Å². The van der Waals surface area contributed by atoms with E-state index >= 15 is 0 Å². The number of carbonyl (C=O) groups is 1. The number of methoxy groups -OCH3 is 3. The zero-order chi connectivity index (χ0) is 29.0. The first-order chi connectivity index (χ1) is 18.3. The number of halogens is 1. The molecule has 0 saturated heterocycles. The third-order valence-electron chi connectivity index (χ3n) is 6.29. The van der Waals surface area contributed by atoms with Gasteiger partial charge in [0.25, 0.3) is 10.0 Å². The molecular weight excluding hydrogens is 540 g/mol. The molecule has 0 heterocycles. The zero-order valence-electron chi connectivity index (χ0n) is 23.2. The first kappa shape index (κ1) is 30.1. The van der Waals surface area contributed by atoms with Crippen molar-refractivity contribution in [3.05, 3.63) is 76.8 Å². The van der Waals surface area contributed by atoms with Gasteiger partial charge in [-0.05, 0) is 53.8 Å². The number of ether oxygens (including phenoxy) is 3. The van der Waals surface area contributed by atoms with Crippen LogP contribution in [0.2, 0.25) is 5.02 Å². The number of amides is 1. The number of nitrogens with one attached hydrogen (secondary N) is 1. The highest BCUT2D eigenvalue weighted by Gasteiger charge is 2.31. The minimum absolute atomic E-state index is 0.0000278. The van der Waals surface area contributed by atoms with Crippen molar-refractivity contribution in [1.82, 2.24) is 5.32 Å². The Bertz CT molecular complexity index is 1420. The average molecular weight is 575 g/mol. The van der Waals surface area contributed by atoms with Gasteiger partial charge < -0.3 is 19.5 Å². The Morgan fingerprint density at radius 3 is 2.05 bits per heavy atom. The number of benzene rings is 3. The first-order valence-electron chi connectivity index (χ1n) is 12.3. The average Bonchev–Trinajstić information content (AvgIpc) is 2.90. The molecule has 10 heteroatoms. The minimum atomic E-state index is -4.28. The van der Waals surface area contributed by atoms with Crippen molar-refractivity contribution in [3.8, 4) is 17.2 Å². The maximum Gasteiger partial charge on any atom is 0.265 e. The lowest BCUT2D eigenvalue weighted by molar-refractivity contribution is -0.120. The van der Waals surface area contributed by atoms with Gasteiger partial charge in [-0.25, -0.2) is 8.42 Å². The molecule has 0 aliphatic rings. The quantitative estimate of drug-likeness (QED) is 0.332. The molecule has 3 aromatic carbocycles. The molecule has 1 amide bonds. The van der Waals surface area contributed by atoms with Crippen LogP contribution in [0.1, 0.15) is 44.9 Å². The SMILES string of the molecule is COc1ccc(S(=O)(=O)N(CC(=O)N[C@@H](C)c2ccc(C(C)(C)C)cc2)c2cc(Cl)ccc2OC)cc1OC. The Balaban J connectivity index is 1.98. The second kappa shape index (κ2) is 12.2. The molecule has 0 unspecified atom stereocenters. The standard InChI is InChI=1S/C29H35ClN2O6S/c1-19(20-8-10-21(11-9-20)29(2,3)4)31-28(33)18-32(24-16-22(30)12-14-25(24)36-5)39(34,35)23-13-15-26(37-6)27(17-23)38-7/h8-17,19H,18H2,1-7H3,(H,31,33)/t19-/m0/s1. The molecule has 3 rings (SSSR count). The Morgan fingerprint density at radius 1 is 0.897 bits per heavy atom. The summed E-state index contributed by atoms with van der Waals surface area (Å²) in [5.74, 6) is 0.330. The van der Waals surface area contributed by atoms with Crippen LogP contribution in [0.15, 0.2) is 65.6 Å². The summed E-state index contributed by atoms with van der Waals surface area (Å²) in [6.45, 7) is 7.72. The smallest absolute Gasteiger partial charge is 0.265 e. The molecule has 0 radical (unpaired) electrons. The fourth-order valence-electron chi connectivity index (χ4n) is 4.03. The molecule has 1 atom stereocenters. The molecule has 0 spiro atoms. The summed E-state index contributed by atoms with van der Waals surface area (Å²) in [4.78, 5) is 13.2. The molecule has 210 valence electrons. The largest absolute Gasteiger partial charge is 0.495 e. The summed E-state index contributed by atoms with van der Waals surface area (Å²) in [6.07, 6.45) is 0. The molecule has 0 saturated carbocycles. The number of anilines is 1. The van der Waals surface area contributed by atoms with E-state index in [9.17, 15) is 13.2 Å². The highest BCUT2D eigenvalue weighted by Crippen LogP contribution is 2.37. The molecule has 8 nitrogen and oxygen atoms in total. The van der Waals surface area contributed by atoms with E-state index in [1.807, 2.05) is 31.2 Å². The highest BCUT2D eigenvalue weighted by molar-refractivity contribution is 7.92. The van der Waals surface area contributed by atoms with Crippen molar-refractivity contribution >= 4 is 33.2 Å². The zero-order valence-corrected chi connectivity index (χ0v) is 24.8. The lowest BCUT2D eigenvalue weighted by Gasteiger charge is -2.27. The predicted molar refractivity (Wildman–Crippen MR) is 154 cm³/mol. The highest BCUT2D eigenvalue weighted by atomic mass is 35.5. The van der Waals surface area contributed by atoms with E-state index < -0.39 is 22.5 Å². The molecule has 0 aliphatic carbocycles. The summed E-state index contributed by atoms with van der Waals surface area (Å²) in [6, 6.07) is 16.4. The van der Waals surface area contributed by atoms with Crippen molar-refractivity contribution in [2.45, 2.75) is 44.0 Å². The number of carbonyl (C=O) groups excluding carboxylic acids is 1. The van der Waals surface area contributed by atoms with Crippen LogP contribution in [0.25, 0.3) is 0 Å². The predicted octanol–water partition coefficient (Wildman–Crippen LogP) is 5.74. The molecule has 0 bridgehead atoms. The summed E-state index contributed by atoms with van der Waals surface area (Å²) in [5, 5.41) is 3.19. The lowest BCUT2D eigenvalue weighted by atomic mass is 9.86. The maximum atomic E-state index is 14.0. The van der Waals surface area contributed by atoms with Crippen LogP contribution >= 0.6 is 11.6 Å². The Labute approximate surface area is 235 Å². The van der Waals surface area contributed by atoms with E-state index in [1.54, 1.807) is 12.1 Å². The van der Waals surface area contributed by atoms with Crippen molar-refractivity contribution < 1.29 is 27.4 Å². The van der Waals surface area contributed by atoms with Crippen LogP contribution < -0.4 is 23.8 Å². The van der Waals surface area contributed by atoms with Gasteiger partial charge in [0, 0.05) is 11.1 Å². The van der Waals surface area contributed by atoms with Crippen LogP contribution in [0, 0.1) is 0 Å². The van der Waals surface area contributed by atoms with Crippen LogP contribution in [0.5, 0.6) is 17.2 Å². The van der Waals surface area contributed by atoms with Crippen molar-refractivity contribution in [1.29, 1.82) is 0 Å². The normalized spacial score (nSPS) is 12.4. The van der Waals surface area contributed by atoms with Gasteiger partial charge in [-0.3, -0.25) is 9.10 Å². The lowest BCUT2D eigenvalue weighted by Crippen LogP contribution is -2.41. The van der Waals surface area contributed by atoms with Crippen molar-refractivity contribution in [2.75, 3.05) is 32.2 Å². The molecule has 0 fully saturated rings. The van der Waals surface area contributed by atoms with Gasteiger partial charge in [0.05, 0.1) is 38.0 Å². The number of hydrogen-bond donors (Lipinski definition) is 1. The van der Waals surface area contributed by atoms with Crippen LogP contribution in [-0.4, -0.2) is 42.2 Å². The Kier molecular flexibility index (Phi) is 9.40. The molecule has 0 aromatic heterocycles. The Morgan fingerprint density at radius 2 is 1.49 bits per heavy atom. The molecular formula is C29H35ClN2O6S. The van der Waals surface area contributed by atoms with Gasteiger partial charge in [-0.2, -0.15) is 0 Å². The second-order valence-electron chi connectivity index (χ2n) is 10.0. The fraction of sp³-hybridized carbons (Fsp3) is 0.345. The van der Waals surface area contributed by atoms with Gasteiger partial charge in [-0.1, -0.05) is 56.6 Å². The molecule has 39 heavy (non-hydrogen) atoms. The number of sulfonamides is 1. The van der Waals surface area contributed by atoms with E-state index in [0.29, 0.717) is 5.75 Å². The van der Waals surface area contributed by atoms with Crippen molar-refractivity contribution in [2.24, 2.45) is 0 Å². The monoisotopic (exact) mass is 574 g/mol. The van der Waals surface area contributed by atoms with Crippen molar-refractivity contribution in [3.63, 3.8) is 0 Å². The summed E-state index contributed by atoms with van der Waals surface area (Å²) in [5.41, 5.74) is 2.19. The van der Waals surface area contributed by atoms with Crippen LogP contribution in [-0.2, 0) is 20.2 Å². The Hall–Kier alpha value is -3.43. The summed E-state index contributed by atoms with van der Waals surface area (Å²) >= 11 is 6.23. The van der Waals surface area contributed by atoms with Gasteiger partial charge >= 0.3 is 0 Å². The molecule has 3 aromatic rings. The third kappa shape index (κ3) is 6.96. The fourth-order valence-corrected chi connectivity index (χ4v) is 5.64. The first-order valence-corrected chi connectivity index (χ1v) is 14.1. The van der Waals surface area contributed by atoms with E-state index in [1.165, 1.54) is 51.2 Å². The van der Waals surface area contributed by atoms with E-state index in [0.717, 1.165) is 9.87 Å². The van der Waals surface area contributed by atoms with Crippen LogP contribution in [0.3, 0.4) is 0 Å². The number of rotatable bonds is 10. The van der Waals surface area contributed by atoms with Gasteiger partial charge in [0.1, 0.15) is 12.3 Å². The maximum absolute atomic E-state index is 14.0. The van der Waals surface area contributed by atoms with Gasteiger partial charge in [0.2, 0.25) is 5.91 Å². The van der Waals surface area contributed by atoms with Gasteiger partial charge in [0.15, 0.2) is 11.5 Å². The number of hydrogen-bond acceptors (Lipinski definition) is 6. The number of nitrogens with zero attached hydrogens (tertiary/aromatic N) is 1. The topological polar surface area (TPSA) is 94.2 Å². The third-order valence-corrected chi connectivity index (χ3v) is 8.28. The molecule has 0 aliphatic heterocycles. The molecule has 1 N–H and O–H groups in total. The second-order valence-corrected chi connectivity index (χ2v) is 12.3. The van der Waals surface area contributed by atoms with Crippen LogP contribution in [0.4, 0.5) is 5.69 Å². The van der Waals surface area contributed by atoms with E-state index in [-0.39, 0.29) is 38.6 Å². The summed E-state index contributed by atoms with van der Waals surface area (Å²) in [7, 11) is 0.00107. The van der Waals surface area contributed by atoms with E-state index in [2.05, 4.69) is 26.1 Å². The minimum Gasteiger partial charge on any atom is -0.495 e.